The third kappa shape index (κ3) is 8.39. The monoisotopic (exact) mass is 763 g/mol. The zero-order valence-electron chi connectivity index (χ0n) is 32.5. The second-order valence-corrected chi connectivity index (χ2v) is 14.8. The quantitative estimate of drug-likeness (QED) is 0.154. The number of aromatic nitrogens is 4. The molecule has 0 aliphatic carbocycles. The van der Waals surface area contributed by atoms with Gasteiger partial charge in [-0.1, -0.05) is 73.3 Å². The van der Waals surface area contributed by atoms with Crippen LogP contribution in [0.2, 0.25) is 0 Å². The first-order valence-corrected chi connectivity index (χ1v) is 19.7. The first-order chi connectivity index (χ1) is 28.5. The van der Waals surface area contributed by atoms with Crippen molar-refractivity contribution in [2.45, 2.75) is 31.6 Å². The lowest BCUT2D eigenvalue weighted by atomic mass is 9.91. The van der Waals surface area contributed by atoms with Gasteiger partial charge in [-0.05, 0) is 114 Å². The highest BCUT2D eigenvalue weighted by molar-refractivity contribution is 6.04. The molecule has 2 aliphatic heterocycles. The van der Waals surface area contributed by atoms with Crippen LogP contribution in [-0.2, 0) is 4.79 Å². The molecule has 9 nitrogen and oxygen atoms in total. The Morgan fingerprint density at radius 1 is 0.690 bits per heavy atom. The van der Waals surface area contributed by atoms with Crippen LogP contribution in [0.5, 0.6) is 0 Å². The lowest BCUT2D eigenvalue weighted by molar-refractivity contribution is -0.125. The van der Waals surface area contributed by atoms with Crippen LogP contribution >= 0.6 is 0 Å². The van der Waals surface area contributed by atoms with E-state index >= 15 is 0 Å². The summed E-state index contributed by atoms with van der Waals surface area (Å²) in [6, 6.07) is 36.3. The average molecular weight is 764 g/mol. The SMILES string of the molecule is C=CC(=O)N1CCC(c2cc(-c3ccccc3)cc3cncnc23)C1.CC=CN1CCC(c2cc(-c3ccc(C(=O)Nc4ccccc4)cc3)cc3cncnc23)C1. The fourth-order valence-corrected chi connectivity index (χ4v) is 8.12. The molecule has 5 aromatic carbocycles. The van der Waals surface area contributed by atoms with Gasteiger partial charge in [0.05, 0.1) is 11.0 Å². The highest BCUT2D eigenvalue weighted by Crippen LogP contribution is 2.37. The fourth-order valence-electron chi connectivity index (χ4n) is 8.12. The van der Waals surface area contributed by atoms with Gasteiger partial charge in [0.15, 0.2) is 0 Å². The molecule has 2 atom stereocenters. The Hall–Kier alpha value is -7.00. The minimum Gasteiger partial charge on any atom is -0.377 e. The maximum absolute atomic E-state index is 12.6. The van der Waals surface area contributed by atoms with Crippen molar-refractivity contribution in [1.29, 1.82) is 0 Å². The van der Waals surface area contributed by atoms with Gasteiger partial charge in [0.1, 0.15) is 12.7 Å². The van der Waals surface area contributed by atoms with Crippen LogP contribution in [0, 0.1) is 0 Å². The van der Waals surface area contributed by atoms with E-state index in [4.69, 9.17) is 0 Å². The number of amides is 2. The van der Waals surface area contributed by atoms with Gasteiger partial charge in [0.25, 0.3) is 5.91 Å². The molecule has 9 rings (SSSR count). The topological polar surface area (TPSA) is 104 Å². The van der Waals surface area contributed by atoms with E-state index in [1.54, 1.807) is 12.7 Å². The second-order valence-electron chi connectivity index (χ2n) is 14.8. The number of benzene rings is 5. The van der Waals surface area contributed by atoms with Gasteiger partial charge >= 0.3 is 0 Å². The van der Waals surface area contributed by atoms with Crippen LogP contribution in [0.3, 0.4) is 0 Å². The van der Waals surface area contributed by atoms with Crippen molar-refractivity contribution in [2.75, 3.05) is 31.5 Å². The second kappa shape index (κ2) is 17.4. The number of allylic oxidation sites excluding steroid dienone is 1. The summed E-state index contributed by atoms with van der Waals surface area (Å²) in [5, 5.41) is 5.01. The van der Waals surface area contributed by atoms with Crippen LogP contribution in [-0.4, -0.2) is 67.7 Å². The summed E-state index contributed by atoms with van der Waals surface area (Å²) in [7, 11) is 0. The van der Waals surface area contributed by atoms with Gasteiger partial charge in [-0.15, -0.1) is 0 Å². The van der Waals surface area contributed by atoms with E-state index in [1.165, 1.54) is 22.8 Å². The van der Waals surface area contributed by atoms with Gasteiger partial charge in [0, 0.05) is 72.4 Å². The summed E-state index contributed by atoms with van der Waals surface area (Å²) in [4.78, 5) is 46.3. The number of anilines is 1. The van der Waals surface area contributed by atoms with Gasteiger partial charge in [-0.3, -0.25) is 9.59 Å². The number of hydrogen-bond acceptors (Lipinski definition) is 7. The van der Waals surface area contributed by atoms with Crippen molar-refractivity contribution >= 4 is 39.3 Å². The Kier molecular flexibility index (Phi) is 11.4. The van der Waals surface area contributed by atoms with Crippen molar-refractivity contribution in [3.8, 4) is 22.3 Å². The van der Waals surface area contributed by atoms with Gasteiger partial charge in [-0.2, -0.15) is 0 Å². The molecular formula is C49H45N7O2. The minimum atomic E-state index is -0.115. The molecule has 0 saturated carbocycles. The molecule has 2 amide bonds. The van der Waals surface area contributed by atoms with E-state index in [0.29, 0.717) is 18.0 Å². The maximum Gasteiger partial charge on any atom is 0.255 e. The molecule has 288 valence electrons. The van der Waals surface area contributed by atoms with E-state index in [9.17, 15) is 9.59 Å². The highest BCUT2D eigenvalue weighted by Gasteiger charge is 2.28. The lowest BCUT2D eigenvalue weighted by Crippen LogP contribution is -2.26. The number of nitrogens with zero attached hydrogens (tertiary/aromatic N) is 6. The third-order valence-corrected chi connectivity index (χ3v) is 11.0. The minimum absolute atomic E-state index is 0.000598. The van der Waals surface area contributed by atoms with Crippen LogP contribution in [0.4, 0.5) is 5.69 Å². The number of fused-ring (bicyclic) bond motifs is 2. The Morgan fingerprint density at radius 3 is 1.86 bits per heavy atom. The Balaban J connectivity index is 0.000000168. The molecule has 2 aromatic heterocycles. The molecule has 58 heavy (non-hydrogen) atoms. The molecule has 1 N–H and O–H groups in total. The molecule has 9 heteroatoms. The molecule has 2 aliphatic rings. The summed E-state index contributed by atoms with van der Waals surface area (Å²) in [6.45, 7) is 9.17. The molecule has 4 heterocycles. The summed E-state index contributed by atoms with van der Waals surface area (Å²) < 4.78 is 0. The van der Waals surface area contributed by atoms with Gasteiger partial charge in [-0.25, -0.2) is 19.9 Å². The van der Waals surface area contributed by atoms with Crippen LogP contribution in [0.25, 0.3) is 44.1 Å². The Morgan fingerprint density at radius 2 is 1.26 bits per heavy atom. The van der Waals surface area contributed by atoms with Crippen molar-refractivity contribution < 1.29 is 9.59 Å². The van der Waals surface area contributed by atoms with Gasteiger partial charge < -0.3 is 15.1 Å². The first-order valence-electron chi connectivity index (χ1n) is 19.7. The van der Waals surface area contributed by atoms with Crippen molar-refractivity contribution in [2.24, 2.45) is 0 Å². The largest absolute Gasteiger partial charge is 0.377 e. The standard InChI is InChI=1S/C28H26N4O.C21H19N3O/c1-2-13-32-14-12-22(18-32)26-16-23(15-24-17-29-19-30-27(24)26)20-8-10-21(11-9-20)28(33)31-25-6-4-3-5-7-25;1-2-20(25)24-9-8-16(13-24)19-11-17(15-6-4-3-5-7-15)10-18-12-22-14-23-21(18)19/h2-11,13,15-17,19,22H,12,14,18H2,1H3,(H,31,33);2-7,10-12,14,16H,1,8-9,13H2. The third-order valence-electron chi connectivity index (χ3n) is 11.0. The molecule has 2 saturated heterocycles. The predicted octanol–water partition coefficient (Wildman–Crippen LogP) is 9.67. The number of carbonyl (C=O) groups excluding carboxylic acids is 2. The van der Waals surface area contributed by atoms with Crippen LogP contribution in [0.1, 0.15) is 53.1 Å². The van der Waals surface area contributed by atoms with Crippen LogP contribution in [0.15, 0.2) is 159 Å². The first kappa shape index (κ1) is 37.9. The number of para-hydroxylation sites is 1. The Bertz CT molecular complexity index is 2590. The summed E-state index contributed by atoms with van der Waals surface area (Å²) in [6.07, 6.45) is 14.7. The molecule has 0 radical (unpaired) electrons. The normalized spacial score (nSPS) is 16.4. The van der Waals surface area contributed by atoms with E-state index < -0.39 is 0 Å². The number of rotatable bonds is 8. The van der Waals surface area contributed by atoms with Crippen molar-refractivity contribution in [1.82, 2.24) is 29.7 Å². The molecular weight excluding hydrogens is 719 g/mol. The average Bonchev–Trinajstić information content (AvgIpc) is 3.97. The summed E-state index contributed by atoms with van der Waals surface area (Å²) in [5.41, 5.74) is 10.4. The number of carbonyl (C=O) groups is 2. The van der Waals surface area contributed by atoms with Gasteiger partial charge in [0.2, 0.25) is 5.91 Å². The summed E-state index contributed by atoms with van der Waals surface area (Å²) >= 11 is 0. The van der Waals surface area contributed by atoms with Crippen molar-refractivity contribution in [3.05, 3.63) is 176 Å². The lowest BCUT2D eigenvalue weighted by Gasteiger charge is -2.17. The van der Waals surface area contributed by atoms with E-state index in [-0.39, 0.29) is 17.7 Å². The molecule has 2 unspecified atom stereocenters. The molecule has 0 bridgehead atoms. The number of nitrogens with one attached hydrogen (secondary N) is 1. The highest BCUT2D eigenvalue weighted by atomic mass is 16.2. The summed E-state index contributed by atoms with van der Waals surface area (Å²) in [5.74, 6) is 0.593. The van der Waals surface area contributed by atoms with Crippen molar-refractivity contribution in [3.63, 3.8) is 0 Å². The molecule has 7 aromatic rings. The number of likely N-dealkylation sites (tertiary alicyclic amines) is 2. The zero-order valence-corrected chi connectivity index (χ0v) is 32.5. The maximum atomic E-state index is 12.6. The van der Waals surface area contributed by atoms with E-state index in [0.717, 1.165) is 76.7 Å². The molecule has 0 spiro atoms. The fraction of sp³-hybridized carbons (Fsp3) is 0.184. The van der Waals surface area contributed by atoms with Crippen LogP contribution < -0.4 is 5.32 Å². The molecule has 2 fully saturated rings. The number of hydrogen-bond donors (Lipinski definition) is 1. The van der Waals surface area contributed by atoms with E-state index in [2.05, 4.69) is 92.3 Å². The Labute approximate surface area is 338 Å². The van der Waals surface area contributed by atoms with E-state index in [1.807, 2.05) is 90.1 Å². The smallest absolute Gasteiger partial charge is 0.255 e. The predicted molar refractivity (Wildman–Crippen MR) is 232 cm³/mol. The zero-order chi connectivity index (χ0) is 39.8.